The van der Waals surface area contributed by atoms with E-state index in [0.29, 0.717) is 31.9 Å². The van der Waals surface area contributed by atoms with Gasteiger partial charge in [0.1, 0.15) is 6.33 Å². The third kappa shape index (κ3) is 4.86. The zero-order chi connectivity index (χ0) is 18.4. The molecule has 0 unspecified atom stereocenters. The number of ether oxygens (including phenoxy) is 2. The van der Waals surface area contributed by atoms with Crippen molar-refractivity contribution in [2.75, 3.05) is 26.8 Å². The molecule has 3 rings (SSSR count). The van der Waals surface area contributed by atoms with Crippen molar-refractivity contribution in [2.24, 2.45) is 0 Å². The summed E-state index contributed by atoms with van der Waals surface area (Å²) in [6.07, 6.45) is 3.29. The molecule has 138 valence electrons. The Morgan fingerprint density at radius 2 is 2.12 bits per heavy atom. The van der Waals surface area contributed by atoms with E-state index in [2.05, 4.69) is 9.97 Å². The SMILES string of the molecule is COCc1ccc(C(=O)N2CCO[C@H](CCc3cc(C)ncn3)C2)cc1. The number of rotatable bonds is 6. The lowest BCUT2D eigenvalue weighted by Gasteiger charge is -2.33. The summed E-state index contributed by atoms with van der Waals surface area (Å²) in [5.41, 5.74) is 3.74. The highest BCUT2D eigenvalue weighted by Crippen LogP contribution is 2.15. The quantitative estimate of drug-likeness (QED) is 0.796. The third-order valence-corrected chi connectivity index (χ3v) is 4.52. The molecule has 0 bridgehead atoms. The Morgan fingerprint density at radius 3 is 2.85 bits per heavy atom. The number of aryl methyl sites for hydroxylation is 2. The zero-order valence-electron chi connectivity index (χ0n) is 15.4. The van der Waals surface area contributed by atoms with Crippen molar-refractivity contribution in [3.63, 3.8) is 0 Å². The standard InChI is InChI=1S/C20H25N3O3/c1-15-11-18(22-14-21-15)7-8-19-12-23(9-10-26-19)20(24)17-5-3-16(4-6-17)13-25-2/h3-6,11,14,19H,7-10,12-13H2,1-2H3/t19-/m1/s1. The van der Waals surface area contributed by atoms with Crippen LogP contribution in [0, 0.1) is 6.92 Å². The molecule has 0 radical (unpaired) electrons. The maximum Gasteiger partial charge on any atom is 0.254 e. The van der Waals surface area contributed by atoms with Gasteiger partial charge < -0.3 is 14.4 Å². The van der Waals surface area contributed by atoms with Crippen molar-refractivity contribution in [3.05, 3.63) is 59.2 Å². The molecule has 1 saturated heterocycles. The van der Waals surface area contributed by atoms with E-state index in [1.54, 1.807) is 13.4 Å². The Kier molecular flexibility index (Phi) is 6.30. The van der Waals surface area contributed by atoms with Crippen LogP contribution < -0.4 is 0 Å². The highest BCUT2D eigenvalue weighted by atomic mass is 16.5. The van der Waals surface area contributed by atoms with Crippen LogP contribution in [0.15, 0.2) is 36.7 Å². The summed E-state index contributed by atoms with van der Waals surface area (Å²) in [7, 11) is 1.66. The molecule has 1 fully saturated rings. The number of aromatic nitrogens is 2. The van der Waals surface area contributed by atoms with Gasteiger partial charge in [-0.2, -0.15) is 0 Å². The molecular weight excluding hydrogens is 330 g/mol. The number of nitrogens with zero attached hydrogens (tertiary/aromatic N) is 3. The third-order valence-electron chi connectivity index (χ3n) is 4.52. The highest BCUT2D eigenvalue weighted by Gasteiger charge is 2.25. The molecule has 1 aliphatic heterocycles. The second-order valence-corrected chi connectivity index (χ2v) is 6.56. The molecule has 1 amide bonds. The Bertz CT molecular complexity index is 733. The fourth-order valence-corrected chi connectivity index (χ4v) is 3.13. The van der Waals surface area contributed by atoms with E-state index in [1.165, 1.54) is 0 Å². The van der Waals surface area contributed by atoms with Gasteiger partial charge in [-0.3, -0.25) is 4.79 Å². The van der Waals surface area contributed by atoms with Crippen LogP contribution in [0.25, 0.3) is 0 Å². The Hall–Kier alpha value is -2.31. The molecule has 1 aromatic heterocycles. The van der Waals surface area contributed by atoms with Gasteiger partial charge in [0.15, 0.2) is 0 Å². The first kappa shape index (κ1) is 18.5. The van der Waals surface area contributed by atoms with Crippen molar-refractivity contribution in [1.82, 2.24) is 14.9 Å². The van der Waals surface area contributed by atoms with Gasteiger partial charge in [-0.15, -0.1) is 0 Å². The summed E-state index contributed by atoms with van der Waals surface area (Å²) >= 11 is 0. The van der Waals surface area contributed by atoms with E-state index < -0.39 is 0 Å². The van der Waals surface area contributed by atoms with Crippen LogP contribution in [0.1, 0.15) is 33.7 Å². The first-order chi connectivity index (χ1) is 12.7. The lowest BCUT2D eigenvalue weighted by Crippen LogP contribution is -2.45. The number of hydrogen-bond donors (Lipinski definition) is 0. The zero-order valence-corrected chi connectivity index (χ0v) is 15.4. The molecule has 0 spiro atoms. The molecular formula is C20H25N3O3. The second kappa shape index (κ2) is 8.87. The van der Waals surface area contributed by atoms with Gasteiger partial charge in [0.2, 0.25) is 0 Å². The fourth-order valence-electron chi connectivity index (χ4n) is 3.13. The first-order valence-corrected chi connectivity index (χ1v) is 8.92. The lowest BCUT2D eigenvalue weighted by molar-refractivity contribution is -0.0247. The van der Waals surface area contributed by atoms with E-state index in [9.17, 15) is 4.79 Å². The van der Waals surface area contributed by atoms with Crippen LogP contribution in [0.5, 0.6) is 0 Å². The van der Waals surface area contributed by atoms with Gasteiger partial charge in [-0.05, 0) is 43.5 Å². The first-order valence-electron chi connectivity index (χ1n) is 8.92. The largest absolute Gasteiger partial charge is 0.380 e. The molecule has 6 nitrogen and oxygen atoms in total. The van der Waals surface area contributed by atoms with Gasteiger partial charge >= 0.3 is 0 Å². The monoisotopic (exact) mass is 355 g/mol. The molecule has 0 aliphatic carbocycles. The smallest absolute Gasteiger partial charge is 0.254 e. The average Bonchev–Trinajstić information content (AvgIpc) is 2.67. The molecule has 1 atom stereocenters. The predicted molar refractivity (Wildman–Crippen MR) is 97.9 cm³/mol. The van der Waals surface area contributed by atoms with Crippen molar-refractivity contribution < 1.29 is 14.3 Å². The number of methoxy groups -OCH3 is 1. The highest BCUT2D eigenvalue weighted by molar-refractivity contribution is 5.94. The number of morpholine rings is 1. The normalized spacial score (nSPS) is 17.3. The molecule has 6 heteroatoms. The summed E-state index contributed by atoms with van der Waals surface area (Å²) in [6.45, 7) is 4.32. The fraction of sp³-hybridized carbons (Fsp3) is 0.450. The van der Waals surface area contributed by atoms with E-state index in [0.717, 1.165) is 29.8 Å². The minimum absolute atomic E-state index is 0.0377. The molecule has 26 heavy (non-hydrogen) atoms. The van der Waals surface area contributed by atoms with Gasteiger partial charge in [-0.25, -0.2) is 9.97 Å². The molecule has 0 saturated carbocycles. The van der Waals surface area contributed by atoms with Crippen LogP contribution in [0.3, 0.4) is 0 Å². The lowest BCUT2D eigenvalue weighted by atomic mass is 10.1. The predicted octanol–water partition coefficient (Wildman–Crippen LogP) is 2.41. The summed E-state index contributed by atoms with van der Waals surface area (Å²) in [5, 5.41) is 0. The van der Waals surface area contributed by atoms with Crippen molar-refractivity contribution in [2.45, 2.75) is 32.5 Å². The summed E-state index contributed by atoms with van der Waals surface area (Å²) in [6, 6.07) is 9.60. The van der Waals surface area contributed by atoms with E-state index in [4.69, 9.17) is 9.47 Å². The topological polar surface area (TPSA) is 64.5 Å². The number of amides is 1. The van der Waals surface area contributed by atoms with Crippen molar-refractivity contribution >= 4 is 5.91 Å². The number of benzene rings is 1. The Morgan fingerprint density at radius 1 is 1.31 bits per heavy atom. The number of carbonyl (C=O) groups excluding carboxylic acids is 1. The maximum atomic E-state index is 12.8. The van der Waals surface area contributed by atoms with Gasteiger partial charge in [0.25, 0.3) is 5.91 Å². The van der Waals surface area contributed by atoms with Gasteiger partial charge in [-0.1, -0.05) is 12.1 Å². The van der Waals surface area contributed by atoms with E-state index >= 15 is 0 Å². The minimum atomic E-state index is 0.0377. The molecule has 0 N–H and O–H groups in total. The van der Waals surface area contributed by atoms with Crippen LogP contribution >= 0.6 is 0 Å². The summed E-state index contributed by atoms with van der Waals surface area (Å²) in [4.78, 5) is 23.0. The van der Waals surface area contributed by atoms with Crippen LogP contribution in [-0.2, 0) is 22.5 Å². The second-order valence-electron chi connectivity index (χ2n) is 6.56. The number of carbonyl (C=O) groups is 1. The van der Waals surface area contributed by atoms with Crippen LogP contribution in [0.2, 0.25) is 0 Å². The van der Waals surface area contributed by atoms with Crippen LogP contribution in [-0.4, -0.2) is 53.7 Å². The van der Waals surface area contributed by atoms with E-state index in [-0.39, 0.29) is 12.0 Å². The van der Waals surface area contributed by atoms with Gasteiger partial charge in [0.05, 0.1) is 19.3 Å². The molecule has 2 heterocycles. The minimum Gasteiger partial charge on any atom is -0.380 e. The van der Waals surface area contributed by atoms with Crippen LogP contribution in [0.4, 0.5) is 0 Å². The number of hydrogen-bond acceptors (Lipinski definition) is 5. The molecule has 1 aliphatic rings. The Labute approximate surface area is 154 Å². The van der Waals surface area contributed by atoms with Crippen molar-refractivity contribution in [3.8, 4) is 0 Å². The Balaban J connectivity index is 1.56. The maximum absolute atomic E-state index is 12.8. The van der Waals surface area contributed by atoms with Crippen molar-refractivity contribution in [1.29, 1.82) is 0 Å². The van der Waals surface area contributed by atoms with E-state index in [1.807, 2.05) is 42.2 Å². The average molecular weight is 355 g/mol. The summed E-state index contributed by atoms with van der Waals surface area (Å²) < 4.78 is 11.0. The molecule has 1 aromatic carbocycles. The van der Waals surface area contributed by atoms with Gasteiger partial charge in [0, 0.05) is 37.2 Å². The molecule has 2 aromatic rings. The summed E-state index contributed by atoms with van der Waals surface area (Å²) in [5.74, 6) is 0.0557.